The molecule has 7 heteroatoms. The van der Waals surface area contributed by atoms with Gasteiger partial charge >= 0.3 is 6.03 Å². The lowest BCUT2D eigenvalue weighted by Crippen LogP contribution is -2.38. The SMILES string of the molecule is CN(CCO)C(=O)NCc1ccc([N+](=O)[O-])cc1. The fourth-order valence-corrected chi connectivity index (χ4v) is 1.30. The van der Waals surface area contributed by atoms with Crippen molar-refractivity contribution in [2.45, 2.75) is 6.54 Å². The summed E-state index contributed by atoms with van der Waals surface area (Å²) in [5, 5.41) is 21.8. The number of likely N-dealkylation sites (N-methyl/N-ethyl adjacent to an activating group) is 1. The maximum absolute atomic E-state index is 11.5. The van der Waals surface area contributed by atoms with Gasteiger partial charge < -0.3 is 15.3 Å². The molecule has 0 fully saturated rings. The number of carbonyl (C=O) groups is 1. The highest BCUT2D eigenvalue weighted by Gasteiger charge is 2.08. The number of carbonyl (C=O) groups excluding carboxylic acids is 1. The second-order valence-corrected chi connectivity index (χ2v) is 3.73. The van der Waals surface area contributed by atoms with Crippen molar-refractivity contribution < 1.29 is 14.8 Å². The van der Waals surface area contributed by atoms with E-state index in [4.69, 9.17) is 5.11 Å². The smallest absolute Gasteiger partial charge is 0.317 e. The zero-order valence-electron chi connectivity index (χ0n) is 10.00. The molecule has 0 aliphatic rings. The number of aliphatic hydroxyl groups excluding tert-OH is 1. The van der Waals surface area contributed by atoms with Crippen LogP contribution < -0.4 is 5.32 Å². The van der Waals surface area contributed by atoms with E-state index < -0.39 is 4.92 Å². The lowest BCUT2D eigenvalue weighted by molar-refractivity contribution is -0.384. The van der Waals surface area contributed by atoms with Gasteiger partial charge in [-0.05, 0) is 5.56 Å². The maximum atomic E-state index is 11.5. The molecule has 1 rings (SSSR count). The van der Waals surface area contributed by atoms with E-state index in [1.807, 2.05) is 0 Å². The Balaban J connectivity index is 2.48. The van der Waals surface area contributed by atoms with Crippen LogP contribution in [0.3, 0.4) is 0 Å². The summed E-state index contributed by atoms with van der Waals surface area (Å²) in [4.78, 5) is 22.8. The first-order chi connectivity index (χ1) is 8.54. The Morgan fingerprint density at radius 3 is 2.56 bits per heavy atom. The number of urea groups is 1. The van der Waals surface area contributed by atoms with Crippen LogP contribution in [0.15, 0.2) is 24.3 Å². The summed E-state index contributed by atoms with van der Waals surface area (Å²) >= 11 is 0. The Hall–Kier alpha value is -2.15. The number of nitro groups is 1. The summed E-state index contributed by atoms with van der Waals surface area (Å²) in [6, 6.07) is 5.65. The van der Waals surface area contributed by atoms with Gasteiger partial charge in [0, 0.05) is 32.3 Å². The standard InChI is InChI=1S/C11H15N3O4/c1-13(6-7-15)11(16)12-8-9-2-4-10(5-3-9)14(17)18/h2-5,15H,6-8H2,1H3,(H,12,16). The minimum absolute atomic E-state index is 0.0162. The van der Waals surface area contributed by atoms with Crippen molar-refractivity contribution in [3.05, 3.63) is 39.9 Å². The minimum atomic E-state index is -0.475. The van der Waals surface area contributed by atoms with E-state index in [-0.39, 0.29) is 31.4 Å². The molecule has 0 saturated carbocycles. The average Bonchev–Trinajstić information content (AvgIpc) is 2.36. The Bertz CT molecular complexity index is 419. The summed E-state index contributed by atoms with van der Waals surface area (Å²) < 4.78 is 0. The lowest BCUT2D eigenvalue weighted by Gasteiger charge is -2.16. The Labute approximate surface area is 104 Å². The first-order valence-electron chi connectivity index (χ1n) is 5.37. The van der Waals surface area contributed by atoms with Gasteiger partial charge in [0.2, 0.25) is 0 Å². The first kappa shape index (κ1) is 13.9. The van der Waals surface area contributed by atoms with Crippen LogP contribution in [0.1, 0.15) is 5.56 Å². The molecular weight excluding hydrogens is 238 g/mol. The third-order valence-electron chi connectivity index (χ3n) is 2.37. The van der Waals surface area contributed by atoms with Gasteiger partial charge in [-0.3, -0.25) is 10.1 Å². The largest absolute Gasteiger partial charge is 0.395 e. The number of amides is 2. The van der Waals surface area contributed by atoms with Crippen LogP contribution in [0.25, 0.3) is 0 Å². The van der Waals surface area contributed by atoms with E-state index in [0.717, 1.165) is 5.56 Å². The monoisotopic (exact) mass is 253 g/mol. The number of rotatable bonds is 5. The highest BCUT2D eigenvalue weighted by molar-refractivity contribution is 5.73. The van der Waals surface area contributed by atoms with E-state index in [1.165, 1.54) is 17.0 Å². The molecule has 0 atom stereocenters. The zero-order valence-corrected chi connectivity index (χ0v) is 10.00. The molecule has 0 aliphatic carbocycles. The van der Waals surface area contributed by atoms with Crippen molar-refractivity contribution in [1.29, 1.82) is 0 Å². The van der Waals surface area contributed by atoms with Crippen LogP contribution >= 0.6 is 0 Å². The third-order valence-corrected chi connectivity index (χ3v) is 2.37. The van der Waals surface area contributed by atoms with Crippen LogP contribution in [0.4, 0.5) is 10.5 Å². The lowest BCUT2D eigenvalue weighted by atomic mass is 10.2. The number of aliphatic hydroxyl groups is 1. The molecule has 0 saturated heterocycles. The number of hydrogen-bond donors (Lipinski definition) is 2. The van der Waals surface area contributed by atoms with E-state index >= 15 is 0 Å². The van der Waals surface area contributed by atoms with Gasteiger partial charge in [-0.1, -0.05) is 12.1 Å². The predicted octanol–water partition coefficient (Wildman–Crippen LogP) is 0.729. The number of nitro benzene ring substituents is 1. The number of nitrogens with one attached hydrogen (secondary N) is 1. The molecule has 18 heavy (non-hydrogen) atoms. The van der Waals surface area contributed by atoms with Crippen LogP contribution in [-0.2, 0) is 6.54 Å². The maximum Gasteiger partial charge on any atom is 0.317 e. The van der Waals surface area contributed by atoms with Crippen molar-refractivity contribution in [3.8, 4) is 0 Å². The molecule has 0 radical (unpaired) electrons. The summed E-state index contributed by atoms with van der Waals surface area (Å²) in [6.07, 6.45) is 0. The van der Waals surface area contributed by atoms with Gasteiger partial charge in [0.15, 0.2) is 0 Å². The molecular formula is C11H15N3O4. The van der Waals surface area contributed by atoms with Crippen LogP contribution in [-0.4, -0.2) is 41.2 Å². The molecule has 7 nitrogen and oxygen atoms in total. The molecule has 1 aromatic rings. The third kappa shape index (κ3) is 4.02. The molecule has 2 amide bonds. The summed E-state index contributed by atoms with van der Waals surface area (Å²) in [5.41, 5.74) is 0.786. The van der Waals surface area contributed by atoms with Gasteiger partial charge in [0.25, 0.3) is 5.69 Å². The van der Waals surface area contributed by atoms with E-state index in [2.05, 4.69) is 5.32 Å². The van der Waals surface area contributed by atoms with Crippen LogP contribution in [0, 0.1) is 10.1 Å². The van der Waals surface area contributed by atoms with Crippen molar-refractivity contribution in [2.75, 3.05) is 20.2 Å². The highest BCUT2D eigenvalue weighted by atomic mass is 16.6. The topological polar surface area (TPSA) is 95.7 Å². The Morgan fingerprint density at radius 2 is 2.06 bits per heavy atom. The van der Waals surface area contributed by atoms with Crippen LogP contribution in [0.2, 0.25) is 0 Å². The number of hydrogen-bond acceptors (Lipinski definition) is 4. The van der Waals surface area contributed by atoms with Crippen molar-refractivity contribution in [3.63, 3.8) is 0 Å². The molecule has 0 bridgehead atoms. The molecule has 2 N–H and O–H groups in total. The van der Waals surface area contributed by atoms with E-state index in [9.17, 15) is 14.9 Å². The normalized spacial score (nSPS) is 9.89. The fraction of sp³-hybridized carbons (Fsp3) is 0.364. The average molecular weight is 253 g/mol. The summed E-state index contributed by atoms with van der Waals surface area (Å²) in [6.45, 7) is 0.445. The molecule has 98 valence electrons. The van der Waals surface area contributed by atoms with Gasteiger partial charge in [-0.2, -0.15) is 0 Å². The van der Waals surface area contributed by atoms with Crippen molar-refractivity contribution in [2.24, 2.45) is 0 Å². The molecule has 0 aliphatic heterocycles. The molecule has 1 aromatic carbocycles. The number of non-ortho nitro benzene ring substituents is 1. The van der Waals surface area contributed by atoms with Gasteiger partial charge in [-0.25, -0.2) is 4.79 Å². The second kappa shape index (κ2) is 6.55. The molecule has 0 aromatic heterocycles. The second-order valence-electron chi connectivity index (χ2n) is 3.73. The van der Waals surface area contributed by atoms with E-state index in [0.29, 0.717) is 0 Å². The predicted molar refractivity (Wildman–Crippen MR) is 65.0 cm³/mol. The summed E-state index contributed by atoms with van der Waals surface area (Å²) in [7, 11) is 1.57. The van der Waals surface area contributed by atoms with E-state index in [1.54, 1.807) is 19.2 Å². The highest BCUT2D eigenvalue weighted by Crippen LogP contribution is 2.11. The van der Waals surface area contributed by atoms with Gasteiger partial charge in [-0.15, -0.1) is 0 Å². The first-order valence-corrected chi connectivity index (χ1v) is 5.37. The number of benzene rings is 1. The molecule has 0 spiro atoms. The Morgan fingerprint density at radius 1 is 1.44 bits per heavy atom. The Kier molecular flexibility index (Phi) is 5.06. The van der Waals surface area contributed by atoms with Gasteiger partial charge in [0.1, 0.15) is 0 Å². The van der Waals surface area contributed by atoms with Crippen molar-refractivity contribution >= 4 is 11.7 Å². The van der Waals surface area contributed by atoms with Crippen LogP contribution in [0.5, 0.6) is 0 Å². The fourth-order valence-electron chi connectivity index (χ4n) is 1.30. The molecule has 0 heterocycles. The summed E-state index contributed by atoms with van der Waals surface area (Å²) in [5.74, 6) is 0. The quantitative estimate of drug-likeness (QED) is 0.597. The number of nitrogens with zero attached hydrogens (tertiary/aromatic N) is 2. The zero-order chi connectivity index (χ0) is 13.5. The van der Waals surface area contributed by atoms with Crippen molar-refractivity contribution in [1.82, 2.24) is 10.2 Å². The molecule has 0 unspecified atom stereocenters. The minimum Gasteiger partial charge on any atom is -0.395 e. The van der Waals surface area contributed by atoms with Gasteiger partial charge in [0.05, 0.1) is 11.5 Å².